The molecule has 0 aliphatic carbocycles. The molecule has 8 nitrogen and oxygen atoms in total. The number of aromatic nitrogens is 1. The third-order valence-electron chi connectivity index (χ3n) is 2.71. The molecule has 1 aromatic heterocycles. The van der Waals surface area contributed by atoms with Crippen molar-refractivity contribution in [2.45, 2.75) is 13.3 Å². The number of pyridine rings is 1. The zero-order chi connectivity index (χ0) is 15.1. The Morgan fingerprint density at radius 2 is 2.20 bits per heavy atom. The number of hydrogen-bond donors (Lipinski definition) is 2. The van der Waals surface area contributed by atoms with Crippen molar-refractivity contribution in [1.82, 2.24) is 10.3 Å². The maximum Gasteiger partial charge on any atom is 0.276 e. The summed E-state index contributed by atoms with van der Waals surface area (Å²) in [6.07, 6.45) is 0.300. The third-order valence-corrected chi connectivity index (χ3v) is 2.71. The molecule has 0 radical (unpaired) electrons. The van der Waals surface area contributed by atoms with E-state index in [4.69, 9.17) is 0 Å². The van der Waals surface area contributed by atoms with Crippen LogP contribution in [0.15, 0.2) is 12.1 Å². The molecule has 0 aliphatic rings. The summed E-state index contributed by atoms with van der Waals surface area (Å²) in [5.74, 6) is 0.816. The van der Waals surface area contributed by atoms with Crippen molar-refractivity contribution in [3.05, 3.63) is 22.2 Å². The molecule has 0 atom stereocenters. The Hall–Kier alpha value is -2.38. The first-order valence-corrected chi connectivity index (χ1v) is 6.30. The van der Waals surface area contributed by atoms with E-state index in [0.717, 1.165) is 0 Å². The van der Waals surface area contributed by atoms with Gasteiger partial charge in [-0.25, -0.2) is 4.98 Å². The second-order valence-electron chi connectivity index (χ2n) is 4.20. The lowest BCUT2D eigenvalue weighted by atomic mass is 10.3. The van der Waals surface area contributed by atoms with E-state index in [0.29, 0.717) is 31.1 Å². The Bertz CT molecular complexity index is 492. The fourth-order valence-corrected chi connectivity index (χ4v) is 1.58. The van der Waals surface area contributed by atoms with Gasteiger partial charge in [-0.1, -0.05) is 0 Å². The SMILES string of the molecule is CCNc1cc([N+](=O)[O-])cc(N(C)CCC(=O)NC)n1. The van der Waals surface area contributed by atoms with Crippen LogP contribution in [0.1, 0.15) is 13.3 Å². The van der Waals surface area contributed by atoms with Crippen molar-refractivity contribution in [3.8, 4) is 0 Å². The molecule has 8 heteroatoms. The Balaban J connectivity index is 2.91. The Kier molecular flexibility index (Phi) is 5.70. The molecule has 0 saturated heterocycles. The lowest BCUT2D eigenvalue weighted by Crippen LogP contribution is -2.27. The summed E-state index contributed by atoms with van der Waals surface area (Å²) >= 11 is 0. The summed E-state index contributed by atoms with van der Waals surface area (Å²) < 4.78 is 0. The highest BCUT2D eigenvalue weighted by Gasteiger charge is 2.14. The highest BCUT2D eigenvalue weighted by atomic mass is 16.6. The number of nitrogens with zero attached hydrogens (tertiary/aromatic N) is 3. The van der Waals surface area contributed by atoms with Crippen LogP contribution >= 0.6 is 0 Å². The molecule has 0 aromatic carbocycles. The van der Waals surface area contributed by atoms with Crippen LogP contribution < -0.4 is 15.5 Å². The number of carbonyl (C=O) groups excluding carboxylic acids is 1. The molecule has 20 heavy (non-hydrogen) atoms. The topological polar surface area (TPSA) is 100 Å². The summed E-state index contributed by atoms with van der Waals surface area (Å²) in [7, 11) is 3.31. The maximum atomic E-state index is 11.2. The highest BCUT2D eigenvalue weighted by Crippen LogP contribution is 2.22. The van der Waals surface area contributed by atoms with Gasteiger partial charge >= 0.3 is 0 Å². The molecule has 1 aromatic rings. The second-order valence-corrected chi connectivity index (χ2v) is 4.20. The Morgan fingerprint density at radius 1 is 1.50 bits per heavy atom. The fourth-order valence-electron chi connectivity index (χ4n) is 1.58. The van der Waals surface area contributed by atoms with Crippen LogP contribution in [0.4, 0.5) is 17.3 Å². The summed E-state index contributed by atoms with van der Waals surface area (Å²) in [4.78, 5) is 27.7. The monoisotopic (exact) mass is 281 g/mol. The van der Waals surface area contributed by atoms with Crippen LogP contribution in [0.3, 0.4) is 0 Å². The van der Waals surface area contributed by atoms with Crippen molar-refractivity contribution in [1.29, 1.82) is 0 Å². The summed E-state index contributed by atoms with van der Waals surface area (Å²) in [5, 5.41) is 16.4. The van der Waals surface area contributed by atoms with Crippen LogP contribution in [0.2, 0.25) is 0 Å². The smallest absolute Gasteiger partial charge is 0.276 e. The van der Waals surface area contributed by atoms with E-state index in [9.17, 15) is 14.9 Å². The van der Waals surface area contributed by atoms with Gasteiger partial charge in [0.25, 0.3) is 5.69 Å². The van der Waals surface area contributed by atoms with Gasteiger partial charge < -0.3 is 15.5 Å². The van der Waals surface area contributed by atoms with Gasteiger partial charge in [-0.2, -0.15) is 0 Å². The van der Waals surface area contributed by atoms with E-state index >= 15 is 0 Å². The Labute approximate surface area is 117 Å². The highest BCUT2D eigenvalue weighted by molar-refractivity contribution is 5.76. The zero-order valence-electron chi connectivity index (χ0n) is 11.8. The first-order valence-electron chi connectivity index (χ1n) is 6.30. The van der Waals surface area contributed by atoms with Crippen LogP contribution in [0.5, 0.6) is 0 Å². The van der Waals surface area contributed by atoms with Crippen molar-refractivity contribution in [3.63, 3.8) is 0 Å². The summed E-state index contributed by atoms with van der Waals surface area (Å²) in [6, 6.07) is 2.78. The van der Waals surface area contributed by atoms with Gasteiger partial charge in [0, 0.05) is 33.6 Å². The van der Waals surface area contributed by atoms with Crippen molar-refractivity contribution in [2.75, 3.05) is 37.4 Å². The average Bonchev–Trinajstić information content (AvgIpc) is 2.44. The molecule has 0 spiro atoms. The molecule has 0 bridgehead atoms. The molecule has 1 amide bonds. The maximum absolute atomic E-state index is 11.2. The lowest BCUT2D eigenvalue weighted by Gasteiger charge is -2.18. The van der Waals surface area contributed by atoms with E-state index < -0.39 is 4.92 Å². The molecule has 1 rings (SSSR count). The molecule has 2 N–H and O–H groups in total. The molecular formula is C12H19N5O3. The molecule has 0 saturated carbocycles. The molecule has 0 aliphatic heterocycles. The van der Waals surface area contributed by atoms with E-state index in [-0.39, 0.29) is 11.6 Å². The van der Waals surface area contributed by atoms with Gasteiger partial charge in [-0.3, -0.25) is 14.9 Å². The van der Waals surface area contributed by atoms with Gasteiger partial charge in [-0.05, 0) is 6.92 Å². The Morgan fingerprint density at radius 3 is 2.75 bits per heavy atom. The van der Waals surface area contributed by atoms with Gasteiger partial charge in [0.05, 0.1) is 17.1 Å². The van der Waals surface area contributed by atoms with E-state index in [1.165, 1.54) is 12.1 Å². The summed E-state index contributed by atoms with van der Waals surface area (Å²) in [5.41, 5.74) is -0.0299. The van der Waals surface area contributed by atoms with Crippen molar-refractivity contribution < 1.29 is 9.72 Å². The van der Waals surface area contributed by atoms with E-state index in [2.05, 4.69) is 15.6 Å². The number of hydrogen-bond acceptors (Lipinski definition) is 6. The predicted molar refractivity (Wildman–Crippen MR) is 77.0 cm³/mol. The molecular weight excluding hydrogens is 262 g/mol. The minimum absolute atomic E-state index is 0.0299. The minimum Gasteiger partial charge on any atom is -0.370 e. The largest absolute Gasteiger partial charge is 0.370 e. The first kappa shape index (κ1) is 15.7. The zero-order valence-corrected chi connectivity index (χ0v) is 11.8. The van der Waals surface area contributed by atoms with E-state index in [1.54, 1.807) is 19.0 Å². The van der Waals surface area contributed by atoms with Crippen LogP contribution in [0.25, 0.3) is 0 Å². The lowest BCUT2D eigenvalue weighted by molar-refractivity contribution is -0.384. The van der Waals surface area contributed by atoms with E-state index in [1.807, 2.05) is 6.92 Å². The second kappa shape index (κ2) is 7.27. The quantitative estimate of drug-likeness (QED) is 0.571. The molecule has 110 valence electrons. The molecule has 0 fully saturated rings. The van der Waals surface area contributed by atoms with Gasteiger partial charge in [-0.15, -0.1) is 0 Å². The number of anilines is 2. The van der Waals surface area contributed by atoms with Gasteiger partial charge in [0.15, 0.2) is 0 Å². The normalized spacial score (nSPS) is 9.95. The average molecular weight is 281 g/mol. The number of carbonyl (C=O) groups is 1. The number of amides is 1. The predicted octanol–water partition coefficient (Wildman–Crippen LogP) is 0.994. The van der Waals surface area contributed by atoms with Crippen LogP contribution in [-0.2, 0) is 4.79 Å². The number of rotatable bonds is 7. The first-order chi connectivity index (χ1) is 9.47. The van der Waals surface area contributed by atoms with Crippen molar-refractivity contribution in [2.24, 2.45) is 0 Å². The van der Waals surface area contributed by atoms with Crippen LogP contribution in [0, 0.1) is 10.1 Å². The number of nitro groups is 1. The minimum atomic E-state index is -0.460. The fraction of sp³-hybridized carbons (Fsp3) is 0.500. The number of nitrogens with one attached hydrogen (secondary N) is 2. The summed E-state index contributed by atoms with van der Waals surface area (Å²) in [6.45, 7) is 2.93. The van der Waals surface area contributed by atoms with Crippen molar-refractivity contribution >= 4 is 23.2 Å². The molecule has 0 unspecified atom stereocenters. The standard InChI is InChI=1S/C12H19N5O3/c1-4-14-10-7-9(17(19)20)8-11(15-10)16(3)6-5-12(18)13-2/h7-8H,4-6H2,1-3H3,(H,13,18)(H,14,15). The van der Waals surface area contributed by atoms with Gasteiger partial charge in [0.2, 0.25) is 5.91 Å². The molecule has 1 heterocycles. The van der Waals surface area contributed by atoms with Crippen LogP contribution in [-0.4, -0.2) is 43.0 Å². The third kappa shape index (κ3) is 4.38. The van der Waals surface area contributed by atoms with Gasteiger partial charge in [0.1, 0.15) is 11.6 Å².